The van der Waals surface area contributed by atoms with E-state index >= 15 is 0 Å². The Balaban J connectivity index is 1.45. The second-order valence-electron chi connectivity index (χ2n) is 6.22. The minimum Gasteiger partial charge on any atom is -0.508 e. The maximum absolute atomic E-state index is 12.2. The van der Waals surface area contributed by atoms with E-state index in [-0.39, 0.29) is 29.4 Å². The van der Waals surface area contributed by atoms with E-state index in [0.717, 1.165) is 31.2 Å². The van der Waals surface area contributed by atoms with Crippen LogP contribution in [0, 0.1) is 11.8 Å². The summed E-state index contributed by atoms with van der Waals surface area (Å²) in [5.74, 6) is 0.711. The average molecular weight is 302 g/mol. The Morgan fingerprint density at radius 2 is 1.77 bits per heavy atom. The Kier molecular flexibility index (Phi) is 4.32. The van der Waals surface area contributed by atoms with Crippen molar-refractivity contribution >= 4 is 11.8 Å². The van der Waals surface area contributed by atoms with Crippen LogP contribution in [0.1, 0.15) is 31.2 Å². The summed E-state index contributed by atoms with van der Waals surface area (Å²) < 4.78 is 0. The smallest absolute Gasteiger partial charge is 0.225 e. The Labute approximate surface area is 130 Å². The van der Waals surface area contributed by atoms with Crippen molar-refractivity contribution in [3.8, 4) is 5.75 Å². The van der Waals surface area contributed by atoms with E-state index in [1.165, 1.54) is 0 Å². The Morgan fingerprint density at radius 3 is 2.41 bits per heavy atom. The fraction of sp³-hybridized carbons (Fsp3) is 0.529. The zero-order valence-electron chi connectivity index (χ0n) is 12.6. The Bertz CT molecular complexity index is 561. The van der Waals surface area contributed by atoms with E-state index in [2.05, 4.69) is 5.32 Å². The summed E-state index contributed by atoms with van der Waals surface area (Å²) >= 11 is 0. The summed E-state index contributed by atoms with van der Waals surface area (Å²) in [5.41, 5.74) is 0.720. The van der Waals surface area contributed by atoms with Crippen molar-refractivity contribution < 1.29 is 14.7 Å². The van der Waals surface area contributed by atoms with Crippen molar-refractivity contribution in [1.82, 2.24) is 10.2 Å². The van der Waals surface area contributed by atoms with E-state index in [9.17, 15) is 14.7 Å². The number of nitrogens with one attached hydrogen (secondary N) is 1. The van der Waals surface area contributed by atoms with Gasteiger partial charge in [0.05, 0.1) is 0 Å². The fourth-order valence-corrected chi connectivity index (χ4v) is 2.94. The van der Waals surface area contributed by atoms with Crippen molar-refractivity contribution in [2.24, 2.45) is 11.8 Å². The summed E-state index contributed by atoms with van der Waals surface area (Å²) in [7, 11) is 0. The number of aromatic hydroxyl groups is 1. The van der Waals surface area contributed by atoms with Crippen molar-refractivity contribution in [2.75, 3.05) is 13.1 Å². The first-order valence-corrected chi connectivity index (χ1v) is 7.98. The van der Waals surface area contributed by atoms with Crippen LogP contribution < -0.4 is 5.32 Å². The number of amides is 2. The van der Waals surface area contributed by atoms with E-state index < -0.39 is 0 Å². The highest BCUT2D eigenvalue weighted by Gasteiger charge is 2.35. The average Bonchev–Trinajstić information content (AvgIpc) is 3.38. The number of piperidine rings is 1. The highest BCUT2D eigenvalue weighted by molar-refractivity contribution is 5.82. The third-order valence-corrected chi connectivity index (χ3v) is 4.55. The first-order chi connectivity index (χ1) is 10.6. The van der Waals surface area contributed by atoms with E-state index in [4.69, 9.17) is 0 Å². The van der Waals surface area contributed by atoms with Gasteiger partial charge in [-0.1, -0.05) is 18.2 Å². The lowest BCUT2D eigenvalue weighted by Gasteiger charge is -2.31. The number of hydrogen-bond acceptors (Lipinski definition) is 3. The zero-order chi connectivity index (χ0) is 15.5. The molecule has 1 saturated carbocycles. The molecule has 1 saturated heterocycles. The zero-order valence-corrected chi connectivity index (χ0v) is 12.6. The second-order valence-corrected chi connectivity index (χ2v) is 6.22. The molecule has 2 fully saturated rings. The molecule has 2 N–H and O–H groups in total. The van der Waals surface area contributed by atoms with Crippen LogP contribution in [0.25, 0.3) is 0 Å². The van der Waals surface area contributed by atoms with Gasteiger partial charge in [0, 0.05) is 37.0 Å². The molecule has 0 aromatic heterocycles. The number of phenols is 1. The summed E-state index contributed by atoms with van der Waals surface area (Å²) in [6.45, 7) is 1.71. The van der Waals surface area contributed by atoms with Crippen LogP contribution in [0.4, 0.5) is 0 Å². The minimum absolute atomic E-state index is 0.0155. The number of rotatable bonds is 4. The van der Waals surface area contributed by atoms with Crippen LogP contribution in [0.2, 0.25) is 0 Å². The standard InChI is InChI=1S/C17H22N2O3/c20-15-4-2-1-3-14(15)11-18-16(21)12-7-9-19(10-8-12)17(22)13-5-6-13/h1-4,12-13,20H,5-11H2,(H,18,21). The first kappa shape index (κ1) is 14.9. The van der Waals surface area contributed by atoms with Gasteiger partial charge >= 0.3 is 0 Å². The fourth-order valence-electron chi connectivity index (χ4n) is 2.94. The molecule has 2 amide bonds. The third kappa shape index (κ3) is 3.40. The number of carbonyl (C=O) groups is 2. The molecule has 0 spiro atoms. The van der Waals surface area contributed by atoms with Crippen molar-refractivity contribution in [2.45, 2.75) is 32.2 Å². The van der Waals surface area contributed by atoms with Crippen LogP contribution in [-0.2, 0) is 16.1 Å². The number of likely N-dealkylation sites (tertiary alicyclic amines) is 1. The largest absolute Gasteiger partial charge is 0.508 e. The summed E-state index contributed by atoms with van der Waals surface area (Å²) in [5, 5.41) is 12.6. The van der Waals surface area contributed by atoms with Crippen LogP contribution in [0.15, 0.2) is 24.3 Å². The van der Waals surface area contributed by atoms with Crippen LogP contribution in [0.5, 0.6) is 5.75 Å². The van der Waals surface area contributed by atoms with Gasteiger partial charge < -0.3 is 15.3 Å². The highest BCUT2D eigenvalue weighted by Crippen LogP contribution is 2.32. The summed E-state index contributed by atoms with van der Waals surface area (Å²) in [4.78, 5) is 26.1. The van der Waals surface area contributed by atoms with E-state index in [0.29, 0.717) is 19.6 Å². The molecule has 0 unspecified atom stereocenters. The van der Waals surface area contributed by atoms with Crippen LogP contribution in [-0.4, -0.2) is 34.9 Å². The molecule has 3 rings (SSSR count). The number of benzene rings is 1. The van der Waals surface area contributed by atoms with Gasteiger partial charge in [-0.05, 0) is 31.7 Å². The lowest BCUT2D eigenvalue weighted by atomic mass is 9.95. The molecular weight excluding hydrogens is 280 g/mol. The minimum atomic E-state index is -0.0332. The molecule has 2 aliphatic rings. The van der Waals surface area contributed by atoms with Crippen molar-refractivity contribution in [3.05, 3.63) is 29.8 Å². The van der Waals surface area contributed by atoms with E-state index in [1.807, 2.05) is 11.0 Å². The lowest BCUT2D eigenvalue weighted by molar-refractivity contribution is -0.136. The second kappa shape index (κ2) is 6.38. The molecule has 0 atom stereocenters. The summed E-state index contributed by atoms with van der Waals surface area (Å²) in [6, 6.07) is 7.01. The molecule has 1 aliphatic heterocycles. The maximum atomic E-state index is 12.2. The monoisotopic (exact) mass is 302 g/mol. The molecule has 118 valence electrons. The molecule has 1 aromatic carbocycles. The molecular formula is C17H22N2O3. The Morgan fingerprint density at radius 1 is 1.09 bits per heavy atom. The number of hydrogen-bond donors (Lipinski definition) is 2. The predicted molar refractivity (Wildman–Crippen MR) is 82.0 cm³/mol. The molecule has 1 aliphatic carbocycles. The van der Waals surface area contributed by atoms with Gasteiger partial charge in [-0.2, -0.15) is 0 Å². The lowest BCUT2D eigenvalue weighted by Crippen LogP contribution is -2.43. The summed E-state index contributed by atoms with van der Waals surface area (Å²) in [6.07, 6.45) is 3.51. The van der Waals surface area contributed by atoms with Crippen LogP contribution in [0.3, 0.4) is 0 Å². The molecule has 22 heavy (non-hydrogen) atoms. The van der Waals surface area contributed by atoms with Gasteiger partial charge in [-0.25, -0.2) is 0 Å². The van der Waals surface area contributed by atoms with Gasteiger partial charge in [-0.3, -0.25) is 9.59 Å². The van der Waals surface area contributed by atoms with Gasteiger partial charge in [0.2, 0.25) is 11.8 Å². The third-order valence-electron chi connectivity index (χ3n) is 4.55. The molecule has 5 nitrogen and oxygen atoms in total. The van der Waals surface area contributed by atoms with Crippen LogP contribution >= 0.6 is 0 Å². The van der Waals surface area contributed by atoms with Gasteiger partial charge in [0.1, 0.15) is 5.75 Å². The molecule has 1 heterocycles. The number of phenolic OH excluding ortho intramolecular Hbond substituents is 1. The van der Waals surface area contributed by atoms with Gasteiger partial charge in [0.15, 0.2) is 0 Å². The number of nitrogens with zero attached hydrogens (tertiary/aromatic N) is 1. The molecule has 0 radical (unpaired) electrons. The maximum Gasteiger partial charge on any atom is 0.225 e. The van der Waals surface area contributed by atoms with Gasteiger partial charge in [-0.15, -0.1) is 0 Å². The molecule has 5 heteroatoms. The number of para-hydroxylation sites is 1. The first-order valence-electron chi connectivity index (χ1n) is 7.98. The van der Waals surface area contributed by atoms with E-state index in [1.54, 1.807) is 18.2 Å². The molecule has 1 aromatic rings. The number of carbonyl (C=O) groups excluding carboxylic acids is 2. The SMILES string of the molecule is O=C(NCc1ccccc1O)C1CCN(C(=O)C2CC2)CC1. The topological polar surface area (TPSA) is 69.6 Å². The van der Waals surface area contributed by atoms with Crippen molar-refractivity contribution in [3.63, 3.8) is 0 Å². The highest BCUT2D eigenvalue weighted by atomic mass is 16.3. The van der Waals surface area contributed by atoms with Gasteiger partial charge in [0.25, 0.3) is 0 Å². The van der Waals surface area contributed by atoms with Crippen molar-refractivity contribution in [1.29, 1.82) is 0 Å². The molecule has 0 bridgehead atoms. The Hall–Kier alpha value is -2.04. The normalized spacial score (nSPS) is 19.0. The quantitative estimate of drug-likeness (QED) is 0.888. The predicted octanol–water partition coefficient (Wildman–Crippen LogP) is 1.66.